The van der Waals surface area contributed by atoms with E-state index in [2.05, 4.69) is 0 Å². The summed E-state index contributed by atoms with van der Waals surface area (Å²) in [6, 6.07) is 18.4. The average molecular weight is 407 g/mol. The van der Waals surface area contributed by atoms with Gasteiger partial charge in [-0.15, -0.1) is 0 Å². The number of halogens is 1. The normalized spacial score (nSPS) is 12.2. The molecule has 0 aliphatic carbocycles. The Morgan fingerprint density at radius 1 is 0.862 bits per heavy atom. The van der Waals surface area contributed by atoms with Gasteiger partial charge in [0.05, 0.1) is 5.56 Å². The van der Waals surface area contributed by atoms with Gasteiger partial charge in [0.2, 0.25) is 6.79 Å². The highest BCUT2D eigenvalue weighted by Crippen LogP contribution is 2.32. The summed E-state index contributed by atoms with van der Waals surface area (Å²) < 4.78 is 15.8. The largest absolute Gasteiger partial charge is 0.454 e. The number of carbonyl (C=O) groups is 2. The van der Waals surface area contributed by atoms with E-state index >= 15 is 0 Å². The first-order valence-electron chi connectivity index (χ1n) is 8.78. The lowest BCUT2D eigenvalue weighted by Crippen LogP contribution is -2.08. The first-order chi connectivity index (χ1) is 14.1. The molecule has 0 atom stereocenters. The molecule has 0 N–H and O–H groups in total. The summed E-state index contributed by atoms with van der Waals surface area (Å²) in [5.41, 5.74) is 1.70. The van der Waals surface area contributed by atoms with E-state index in [1.807, 2.05) is 12.1 Å². The molecule has 6 heteroatoms. The van der Waals surface area contributed by atoms with Crippen LogP contribution in [0.4, 0.5) is 0 Å². The number of benzene rings is 3. The van der Waals surface area contributed by atoms with E-state index in [1.165, 1.54) is 6.08 Å². The minimum absolute atomic E-state index is 0.135. The number of hydrogen-bond donors (Lipinski definition) is 0. The van der Waals surface area contributed by atoms with Crippen molar-refractivity contribution in [1.29, 1.82) is 0 Å². The molecule has 29 heavy (non-hydrogen) atoms. The van der Waals surface area contributed by atoms with Gasteiger partial charge in [0.1, 0.15) is 5.75 Å². The number of allylic oxidation sites excluding steroid dienone is 1. The van der Waals surface area contributed by atoms with E-state index in [-0.39, 0.29) is 12.6 Å². The molecule has 0 aromatic heterocycles. The summed E-state index contributed by atoms with van der Waals surface area (Å²) in [4.78, 5) is 24.6. The molecule has 0 unspecified atom stereocenters. The number of carbonyl (C=O) groups excluding carboxylic acids is 2. The first kappa shape index (κ1) is 18.8. The predicted molar refractivity (Wildman–Crippen MR) is 109 cm³/mol. The van der Waals surface area contributed by atoms with Crippen molar-refractivity contribution in [2.75, 3.05) is 6.79 Å². The van der Waals surface area contributed by atoms with Gasteiger partial charge in [-0.2, -0.15) is 0 Å². The highest BCUT2D eigenvalue weighted by Gasteiger charge is 2.17. The van der Waals surface area contributed by atoms with E-state index in [9.17, 15) is 9.59 Å². The zero-order valence-corrected chi connectivity index (χ0v) is 15.9. The van der Waals surface area contributed by atoms with Gasteiger partial charge in [-0.1, -0.05) is 29.8 Å². The molecule has 4 rings (SSSR count). The Hall–Kier alpha value is -3.57. The monoisotopic (exact) mass is 406 g/mol. The number of fused-ring (bicyclic) bond motifs is 1. The number of ether oxygens (including phenoxy) is 3. The van der Waals surface area contributed by atoms with Gasteiger partial charge in [0.25, 0.3) is 0 Å². The number of esters is 1. The molecular weight excluding hydrogens is 392 g/mol. The lowest BCUT2D eigenvalue weighted by Gasteiger charge is -2.06. The molecular formula is C23H15ClO5. The Kier molecular flexibility index (Phi) is 5.31. The Labute approximate surface area is 172 Å². The SMILES string of the molecule is O=C(C=Cc1ccc(Cl)cc1)c1ccc(OC(=O)c2ccc3c(c2)OCO3)cc1. The van der Waals surface area contributed by atoms with Crippen molar-refractivity contribution in [2.45, 2.75) is 0 Å². The van der Waals surface area contributed by atoms with Gasteiger partial charge in [-0.3, -0.25) is 4.79 Å². The molecule has 5 nitrogen and oxygen atoms in total. The molecule has 1 aliphatic heterocycles. The third-order valence-corrected chi connectivity index (χ3v) is 4.51. The van der Waals surface area contributed by atoms with Gasteiger partial charge in [0.15, 0.2) is 17.3 Å². The van der Waals surface area contributed by atoms with Crippen LogP contribution in [-0.2, 0) is 0 Å². The van der Waals surface area contributed by atoms with Crippen LogP contribution in [0, 0.1) is 0 Å². The standard InChI is InChI=1S/C23H15ClO5/c24-18-7-1-15(2-8-18)3-11-20(25)16-4-9-19(10-5-16)29-23(26)17-6-12-21-22(13-17)28-14-27-21/h1-13H,14H2. The van der Waals surface area contributed by atoms with Crippen LogP contribution < -0.4 is 14.2 Å². The van der Waals surface area contributed by atoms with Crippen LogP contribution in [0.1, 0.15) is 26.3 Å². The fourth-order valence-corrected chi connectivity index (χ4v) is 2.84. The summed E-state index contributed by atoms with van der Waals surface area (Å²) in [6.07, 6.45) is 3.20. The Morgan fingerprint density at radius 3 is 2.31 bits per heavy atom. The molecule has 0 saturated carbocycles. The lowest BCUT2D eigenvalue weighted by molar-refractivity contribution is 0.0734. The van der Waals surface area contributed by atoms with Crippen molar-refractivity contribution in [3.63, 3.8) is 0 Å². The molecule has 1 aliphatic rings. The quantitative estimate of drug-likeness (QED) is 0.253. The van der Waals surface area contributed by atoms with Crippen LogP contribution >= 0.6 is 11.6 Å². The smallest absolute Gasteiger partial charge is 0.343 e. The number of ketones is 1. The molecule has 144 valence electrons. The van der Waals surface area contributed by atoms with Gasteiger partial charge in [0, 0.05) is 10.6 Å². The zero-order valence-electron chi connectivity index (χ0n) is 15.1. The maximum absolute atomic E-state index is 12.3. The van der Waals surface area contributed by atoms with Crippen molar-refractivity contribution in [3.05, 3.63) is 94.5 Å². The predicted octanol–water partition coefficient (Wildman–Crippen LogP) is 5.18. The van der Waals surface area contributed by atoms with Crippen LogP contribution in [-0.4, -0.2) is 18.5 Å². The summed E-state index contributed by atoms with van der Waals surface area (Å²) in [5.74, 6) is 0.758. The first-order valence-corrected chi connectivity index (χ1v) is 9.16. The number of hydrogen-bond acceptors (Lipinski definition) is 5. The third-order valence-electron chi connectivity index (χ3n) is 4.25. The lowest BCUT2D eigenvalue weighted by atomic mass is 10.1. The molecule has 0 spiro atoms. The minimum Gasteiger partial charge on any atom is -0.454 e. The minimum atomic E-state index is -0.523. The van der Waals surface area contributed by atoms with Crippen molar-refractivity contribution >= 4 is 29.4 Å². The molecule has 0 radical (unpaired) electrons. The second kappa shape index (κ2) is 8.20. The average Bonchev–Trinajstić information content (AvgIpc) is 3.21. The van der Waals surface area contributed by atoms with Crippen molar-refractivity contribution in [3.8, 4) is 17.2 Å². The molecule has 0 fully saturated rings. The van der Waals surface area contributed by atoms with Crippen molar-refractivity contribution in [2.24, 2.45) is 0 Å². The van der Waals surface area contributed by atoms with E-state index in [4.69, 9.17) is 25.8 Å². The van der Waals surface area contributed by atoms with E-state index in [1.54, 1.807) is 60.7 Å². The zero-order chi connectivity index (χ0) is 20.2. The Morgan fingerprint density at radius 2 is 1.55 bits per heavy atom. The van der Waals surface area contributed by atoms with Crippen LogP contribution in [0.15, 0.2) is 72.8 Å². The van der Waals surface area contributed by atoms with Gasteiger partial charge in [-0.25, -0.2) is 4.79 Å². The second-order valence-electron chi connectivity index (χ2n) is 6.23. The summed E-state index contributed by atoms with van der Waals surface area (Å²) >= 11 is 5.85. The second-order valence-corrected chi connectivity index (χ2v) is 6.67. The molecule has 3 aromatic carbocycles. The van der Waals surface area contributed by atoms with Gasteiger partial charge in [-0.05, 0) is 66.2 Å². The molecule has 3 aromatic rings. The molecule has 0 amide bonds. The van der Waals surface area contributed by atoms with E-state index in [0.717, 1.165) is 5.56 Å². The fraction of sp³-hybridized carbons (Fsp3) is 0.0435. The van der Waals surface area contributed by atoms with Crippen LogP contribution in [0.25, 0.3) is 6.08 Å². The molecule has 0 bridgehead atoms. The third kappa shape index (κ3) is 4.47. The summed E-state index contributed by atoms with van der Waals surface area (Å²) in [5, 5.41) is 0.638. The Bertz CT molecular complexity index is 1090. The van der Waals surface area contributed by atoms with Crippen LogP contribution in [0.3, 0.4) is 0 Å². The maximum Gasteiger partial charge on any atom is 0.343 e. The van der Waals surface area contributed by atoms with Crippen molar-refractivity contribution in [1.82, 2.24) is 0 Å². The summed E-state index contributed by atoms with van der Waals surface area (Å²) in [6.45, 7) is 0.135. The van der Waals surface area contributed by atoms with Gasteiger partial charge >= 0.3 is 5.97 Å². The summed E-state index contributed by atoms with van der Waals surface area (Å²) in [7, 11) is 0. The topological polar surface area (TPSA) is 61.8 Å². The maximum atomic E-state index is 12.3. The molecule has 0 saturated heterocycles. The highest BCUT2D eigenvalue weighted by atomic mass is 35.5. The fourth-order valence-electron chi connectivity index (χ4n) is 2.72. The Balaban J connectivity index is 1.40. The highest BCUT2D eigenvalue weighted by molar-refractivity contribution is 6.30. The van der Waals surface area contributed by atoms with Crippen molar-refractivity contribution < 1.29 is 23.8 Å². The van der Waals surface area contributed by atoms with E-state index < -0.39 is 5.97 Å². The number of rotatable bonds is 5. The van der Waals surface area contributed by atoms with Crippen LogP contribution in [0.2, 0.25) is 5.02 Å². The van der Waals surface area contributed by atoms with Gasteiger partial charge < -0.3 is 14.2 Å². The molecule has 1 heterocycles. The van der Waals surface area contributed by atoms with Crippen LogP contribution in [0.5, 0.6) is 17.2 Å². The van der Waals surface area contributed by atoms with E-state index in [0.29, 0.717) is 33.4 Å².